The number of nitrogens with zero attached hydrogens (tertiary/aromatic N) is 1. The first-order valence-corrected chi connectivity index (χ1v) is 5.76. The van der Waals surface area contributed by atoms with Gasteiger partial charge in [0.05, 0.1) is 4.47 Å². The SMILES string of the molecule is CCc1c(Br)c(Cl)nc2c1CCC2. The van der Waals surface area contributed by atoms with Crippen LogP contribution in [0.3, 0.4) is 0 Å². The van der Waals surface area contributed by atoms with E-state index in [9.17, 15) is 0 Å². The van der Waals surface area contributed by atoms with Crippen LogP contribution in [0, 0.1) is 0 Å². The highest BCUT2D eigenvalue weighted by Crippen LogP contribution is 2.33. The maximum absolute atomic E-state index is 6.02. The van der Waals surface area contributed by atoms with Crippen molar-refractivity contribution in [2.24, 2.45) is 0 Å². The molecule has 0 aromatic carbocycles. The van der Waals surface area contributed by atoms with Gasteiger partial charge >= 0.3 is 0 Å². The first-order valence-electron chi connectivity index (χ1n) is 4.59. The van der Waals surface area contributed by atoms with Gasteiger partial charge in [-0.2, -0.15) is 0 Å². The predicted molar refractivity (Wildman–Crippen MR) is 58.4 cm³/mol. The Labute approximate surface area is 91.6 Å². The predicted octanol–water partition coefficient (Wildman–Crippen LogP) is 3.55. The smallest absolute Gasteiger partial charge is 0.143 e. The molecular formula is C10H11BrClN. The summed E-state index contributed by atoms with van der Waals surface area (Å²) in [6.45, 7) is 2.16. The van der Waals surface area contributed by atoms with Crippen molar-refractivity contribution in [3.05, 3.63) is 26.4 Å². The van der Waals surface area contributed by atoms with Crippen molar-refractivity contribution in [2.45, 2.75) is 32.6 Å². The topological polar surface area (TPSA) is 12.9 Å². The monoisotopic (exact) mass is 259 g/mol. The molecule has 0 spiro atoms. The Hall–Kier alpha value is -0.0800. The summed E-state index contributed by atoms with van der Waals surface area (Å²) in [5.41, 5.74) is 4.00. The van der Waals surface area contributed by atoms with Gasteiger partial charge in [0.2, 0.25) is 0 Å². The fourth-order valence-electron chi connectivity index (χ4n) is 1.97. The van der Waals surface area contributed by atoms with Crippen LogP contribution in [0.4, 0.5) is 0 Å². The highest BCUT2D eigenvalue weighted by Gasteiger charge is 2.19. The maximum atomic E-state index is 6.02. The van der Waals surface area contributed by atoms with Gasteiger partial charge in [0.25, 0.3) is 0 Å². The van der Waals surface area contributed by atoms with E-state index < -0.39 is 0 Å². The number of hydrogen-bond acceptors (Lipinski definition) is 1. The standard InChI is InChI=1S/C10H11BrClN/c1-2-6-7-4-3-5-8(7)13-10(12)9(6)11/h2-5H2,1H3. The average molecular weight is 261 g/mol. The summed E-state index contributed by atoms with van der Waals surface area (Å²) in [7, 11) is 0. The first kappa shape index (κ1) is 9.47. The van der Waals surface area contributed by atoms with Crippen LogP contribution in [0.5, 0.6) is 0 Å². The van der Waals surface area contributed by atoms with Gasteiger partial charge in [0, 0.05) is 5.69 Å². The van der Waals surface area contributed by atoms with Gasteiger partial charge in [-0.05, 0) is 52.7 Å². The second kappa shape index (κ2) is 3.58. The minimum Gasteiger partial charge on any atom is -0.240 e. The summed E-state index contributed by atoms with van der Waals surface area (Å²) < 4.78 is 0.998. The zero-order valence-corrected chi connectivity index (χ0v) is 9.87. The van der Waals surface area contributed by atoms with Crippen molar-refractivity contribution in [3.8, 4) is 0 Å². The molecule has 0 N–H and O–H groups in total. The molecule has 1 aliphatic carbocycles. The summed E-state index contributed by atoms with van der Waals surface area (Å²) in [5, 5.41) is 0.623. The second-order valence-corrected chi connectivity index (χ2v) is 4.48. The Balaban J connectivity index is 2.64. The van der Waals surface area contributed by atoms with E-state index in [0.29, 0.717) is 5.15 Å². The highest BCUT2D eigenvalue weighted by molar-refractivity contribution is 9.10. The van der Waals surface area contributed by atoms with Gasteiger partial charge in [0.1, 0.15) is 5.15 Å². The molecule has 0 fully saturated rings. The number of hydrogen-bond donors (Lipinski definition) is 0. The lowest BCUT2D eigenvalue weighted by atomic mass is 10.1. The van der Waals surface area contributed by atoms with Gasteiger partial charge in [0.15, 0.2) is 0 Å². The van der Waals surface area contributed by atoms with E-state index in [4.69, 9.17) is 11.6 Å². The summed E-state index contributed by atoms with van der Waals surface area (Å²) in [5.74, 6) is 0. The minimum atomic E-state index is 0.623. The van der Waals surface area contributed by atoms with Crippen LogP contribution in [-0.2, 0) is 19.3 Å². The van der Waals surface area contributed by atoms with Crippen LogP contribution in [0.2, 0.25) is 5.15 Å². The fraction of sp³-hybridized carbons (Fsp3) is 0.500. The van der Waals surface area contributed by atoms with Gasteiger partial charge < -0.3 is 0 Å². The highest BCUT2D eigenvalue weighted by atomic mass is 79.9. The summed E-state index contributed by atoms with van der Waals surface area (Å²) in [4.78, 5) is 4.38. The summed E-state index contributed by atoms with van der Waals surface area (Å²) >= 11 is 9.52. The molecule has 1 aromatic rings. The van der Waals surface area contributed by atoms with Crippen molar-refractivity contribution in [1.82, 2.24) is 4.98 Å². The number of rotatable bonds is 1. The van der Waals surface area contributed by atoms with Crippen molar-refractivity contribution in [3.63, 3.8) is 0 Å². The molecule has 1 heterocycles. The lowest BCUT2D eigenvalue weighted by molar-refractivity contribution is 0.896. The van der Waals surface area contributed by atoms with Crippen LogP contribution < -0.4 is 0 Å². The Bertz CT molecular complexity index is 349. The molecule has 0 saturated heterocycles. The Morgan fingerprint density at radius 2 is 2.23 bits per heavy atom. The molecule has 13 heavy (non-hydrogen) atoms. The largest absolute Gasteiger partial charge is 0.240 e. The molecule has 1 nitrogen and oxygen atoms in total. The Kier molecular flexibility index (Phi) is 2.61. The molecule has 0 amide bonds. The third-order valence-electron chi connectivity index (χ3n) is 2.59. The van der Waals surface area contributed by atoms with E-state index in [1.165, 1.54) is 29.7 Å². The van der Waals surface area contributed by atoms with Gasteiger partial charge in [-0.1, -0.05) is 18.5 Å². The molecule has 0 bridgehead atoms. The van der Waals surface area contributed by atoms with Crippen molar-refractivity contribution < 1.29 is 0 Å². The van der Waals surface area contributed by atoms with Crippen LogP contribution >= 0.6 is 27.5 Å². The lowest BCUT2D eigenvalue weighted by Gasteiger charge is -2.09. The molecule has 0 unspecified atom stereocenters. The van der Waals surface area contributed by atoms with E-state index in [1.54, 1.807) is 0 Å². The first-order chi connectivity index (χ1) is 6.24. The molecule has 0 atom stereocenters. The lowest BCUT2D eigenvalue weighted by Crippen LogP contribution is -1.97. The molecule has 2 rings (SSSR count). The molecule has 1 aliphatic rings. The normalized spacial score (nSPS) is 14.7. The quantitative estimate of drug-likeness (QED) is 0.704. The molecule has 0 saturated carbocycles. The maximum Gasteiger partial charge on any atom is 0.143 e. The molecule has 3 heteroatoms. The van der Waals surface area contributed by atoms with Gasteiger partial charge in [-0.25, -0.2) is 4.98 Å². The molecule has 1 aromatic heterocycles. The van der Waals surface area contributed by atoms with E-state index in [1.807, 2.05) is 0 Å². The van der Waals surface area contributed by atoms with Crippen LogP contribution in [0.1, 0.15) is 30.2 Å². The van der Waals surface area contributed by atoms with Crippen molar-refractivity contribution >= 4 is 27.5 Å². The van der Waals surface area contributed by atoms with Crippen LogP contribution in [-0.4, -0.2) is 4.98 Å². The molecule has 0 radical (unpaired) electrons. The second-order valence-electron chi connectivity index (χ2n) is 3.33. The zero-order valence-electron chi connectivity index (χ0n) is 7.53. The minimum absolute atomic E-state index is 0.623. The van der Waals surface area contributed by atoms with E-state index in [0.717, 1.165) is 17.3 Å². The molecule has 0 aliphatic heterocycles. The van der Waals surface area contributed by atoms with Crippen LogP contribution in [0.15, 0.2) is 4.47 Å². The van der Waals surface area contributed by atoms with Gasteiger partial charge in [-0.15, -0.1) is 0 Å². The number of pyridine rings is 1. The number of fused-ring (bicyclic) bond motifs is 1. The summed E-state index contributed by atoms with van der Waals surface area (Å²) in [6.07, 6.45) is 4.52. The Morgan fingerprint density at radius 3 is 2.92 bits per heavy atom. The summed E-state index contributed by atoms with van der Waals surface area (Å²) in [6, 6.07) is 0. The number of aryl methyl sites for hydroxylation is 1. The fourth-order valence-corrected chi connectivity index (χ4v) is 2.79. The zero-order chi connectivity index (χ0) is 9.42. The van der Waals surface area contributed by atoms with E-state index in [2.05, 4.69) is 27.8 Å². The van der Waals surface area contributed by atoms with Gasteiger partial charge in [-0.3, -0.25) is 0 Å². The van der Waals surface area contributed by atoms with E-state index >= 15 is 0 Å². The number of aromatic nitrogens is 1. The van der Waals surface area contributed by atoms with Crippen molar-refractivity contribution in [1.29, 1.82) is 0 Å². The Morgan fingerprint density at radius 1 is 1.46 bits per heavy atom. The average Bonchev–Trinajstić information content (AvgIpc) is 2.54. The van der Waals surface area contributed by atoms with Crippen molar-refractivity contribution in [2.75, 3.05) is 0 Å². The third-order valence-corrected chi connectivity index (χ3v) is 3.94. The van der Waals surface area contributed by atoms with E-state index in [-0.39, 0.29) is 0 Å². The number of halogens is 2. The molecule has 70 valence electrons. The molecular weight excluding hydrogens is 249 g/mol. The third kappa shape index (κ3) is 1.50. The van der Waals surface area contributed by atoms with Crippen LogP contribution in [0.25, 0.3) is 0 Å².